The fraction of sp³-hybridized carbons (Fsp3) is 0.375. The summed E-state index contributed by atoms with van der Waals surface area (Å²) in [5.41, 5.74) is 3.06. The Morgan fingerprint density at radius 2 is 1.84 bits per heavy atom. The molecule has 2 fully saturated rings. The molecule has 2 saturated heterocycles. The molecule has 6 N–H and O–H groups in total. The number of sulfone groups is 1. The number of carboxylic acids is 1. The Kier molecular flexibility index (Phi) is 5.09. The first kappa shape index (κ1) is 21.9. The highest BCUT2D eigenvalue weighted by Gasteiger charge is 2.70. The number of aliphatic carboxylic acids is 1. The second-order valence-electron chi connectivity index (χ2n) is 7.04. The molecule has 15 heteroatoms. The fourth-order valence-corrected chi connectivity index (χ4v) is 5.72. The summed E-state index contributed by atoms with van der Waals surface area (Å²) in [5.74, 6) is -5.98. The normalized spacial score (nSPS) is 25.8. The third-order valence-corrected chi connectivity index (χ3v) is 7.94. The van der Waals surface area contributed by atoms with Crippen LogP contribution in [0.15, 0.2) is 12.1 Å². The number of nitrogens with one attached hydrogen (secondary N) is 2. The van der Waals surface area contributed by atoms with Crippen molar-refractivity contribution in [1.82, 2.24) is 15.8 Å². The number of β-lactam (4-membered cyclic amide) rings is 1. The van der Waals surface area contributed by atoms with E-state index in [0.717, 1.165) is 24.0 Å². The van der Waals surface area contributed by atoms with E-state index >= 15 is 0 Å². The van der Waals surface area contributed by atoms with Crippen LogP contribution in [0.5, 0.6) is 17.2 Å². The van der Waals surface area contributed by atoms with Gasteiger partial charge in [-0.2, -0.15) is 0 Å². The molecule has 2 aliphatic rings. The number of phenolic OH excluding ortho intramolecular Hbond substituents is 3. The van der Waals surface area contributed by atoms with Crippen molar-refractivity contribution in [3.8, 4) is 17.2 Å². The minimum atomic E-state index is -4.19. The Labute approximate surface area is 173 Å². The topological polar surface area (TPSA) is 220 Å². The molecule has 2 aliphatic heterocycles. The van der Waals surface area contributed by atoms with Gasteiger partial charge in [0.1, 0.15) is 16.7 Å². The minimum absolute atomic E-state index is 0.368. The van der Waals surface area contributed by atoms with Crippen molar-refractivity contribution in [3.63, 3.8) is 0 Å². The van der Waals surface area contributed by atoms with Gasteiger partial charge in [0.05, 0.1) is 12.0 Å². The van der Waals surface area contributed by atoms with Crippen LogP contribution in [-0.2, 0) is 24.2 Å². The van der Waals surface area contributed by atoms with Gasteiger partial charge in [-0.1, -0.05) is 0 Å². The third-order valence-electron chi connectivity index (χ3n) is 5.19. The Morgan fingerprint density at radius 1 is 1.19 bits per heavy atom. The van der Waals surface area contributed by atoms with Crippen molar-refractivity contribution in [3.05, 3.63) is 17.7 Å². The average molecular weight is 459 g/mol. The second-order valence-corrected chi connectivity index (χ2v) is 9.61. The van der Waals surface area contributed by atoms with Gasteiger partial charge in [0, 0.05) is 0 Å². The predicted octanol–water partition coefficient (Wildman–Crippen LogP) is -1.63. The maximum absolute atomic E-state index is 12.7. The number of phenols is 3. The smallest absolute Gasteiger partial charge is 0.426 e. The van der Waals surface area contributed by atoms with Gasteiger partial charge in [0.15, 0.2) is 27.4 Å². The summed E-state index contributed by atoms with van der Waals surface area (Å²) >= 11 is 0. The van der Waals surface area contributed by atoms with Crippen LogP contribution in [0.25, 0.3) is 0 Å². The molecular weight excluding hydrogens is 442 g/mol. The number of hydrogen-bond donors (Lipinski definition) is 6. The van der Waals surface area contributed by atoms with Crippen LogP contribution in [0.3, 0.4) is 0 Å². The van der Waals surface area contributed by atoms with Crippen LogP contribution >= 0.6 is 0 Å². The summed E-state index contributed by atoms with van der Waals surface area (Å²) in [6.45, 7) is 0.107. The van der Waals surface area contributed by atoms with E-state index < -0.39 is 79.3 Å². The molecule has 1 aromatic carbocycles. The van der Waals surface area contributed by atoms with Crippen molar-refractivity contribution in [2.75, 3.05) is 6.61 Å². The van der Waals surface area contributed by atoms with E-state index in [4.69, 9.17) is 4.74 Å². The first-order chi connectivity index (χ1) is 14.3. The summed E-state index contributed by atoms with van der Waals surface area (Å²) in [4.78, 5) is 47.9. The molecule has 168 valence electrons. The summed E-state index contributed by atoms with van der Waals surface area (Å²) in [7, 11) is -4.19. The summed E-state index contributed by atoms with van der Waals surface area (Å²) in [6.07, 6.45) is -1.73. The number of benzene rings is 1. The van der Waals surface area contributed by atoms with Crippen LogP contribution < -0.4 is 10.9 Å². The highest BCUT2D eigenvalue weighted by atomic mass is 32.2. The zero-order valence-corrected chi connectivity index (χ0v) is 16.5. The van der Waals surface area contributed by atoms with Gasteiger partial charge < -0.3 is 30.1 Å². The lowest BCUT2D eigenvalue weighted by molar-refractivity contribution is -0.158. The monoisotopic (exact) mass is 459 g/mol. The molecule has 0 saturated carbocycles. The molecule has 0 bridgehead atoms. The molecular formula is C16H17N3O11S. The SMILES string of the molecule is C[C@]1(COC(=O)NNC(=O)c2ccc(O)c(O)c2O)[C@H](C(=O)O)N2C(=O)C[C@H]2S1(=O)=O. The van der Waals surface area contributed by atoms with Gasteiger partial charge in [0.2, 0.25) is 11.7 Å². The number of hydrazine groups is 1. The number of amides is 3. The Morgan fingerprint density at radius 3 is 2.42 bits per heavy atom. The van der Waals surface area contributed by atoms with Gasteiger partial charge in [-0.3, -0.25) is 15.0 Å². The van der Waals surface area contributed by atoms with Gasteiger partial charge in [-0.15, -0.1) is 0 Å². The molecule has 0 aromatic heterocycles. The predicted molar refractivity (Wildman–Crippen MR) is 97.4 cm³/mol. The number of carbonyl (C=O) groups is 4. The highest BCUT2D eigenvalue weighted by Crippen LogP contribution is 2.46. The second kappa shape index (κ2) is 7.19. The maximum Gasteiger partial charge on any atom is 0.426 e. The first-order valence-corrected chi connectivity index (χ1v) is 10.1. The lowest BCUT2D eigenvalue weighted by atomic mass is 9.97. The van der Waals surface area contributed by atoms with E-state index in [0.29, 0.717) is 0 Å². The van der Waals surface area contributed by atoms with Gasteiger partial charge in [-0.05, 0) is 19.1 Å². The number of ether oxygens (including phenoxy) is 1. The molecule has 1 aromatic rings. The molecule has 0 aliphatic carbocycles. The van der Waals surface area contributed by atoms with Crippen molar-refractivity contribution < 1.29 is 52.8 Å². The van der Waals surface area contributed by atoms with Crippen molar-refractivity contribution in [2.45, 2.75) is 29.5 Å². The fourth-order valence-electron chi connectivity index (χ4n) is 3.44. The molecule has 14 nitrogen and oxygen atoms in total. The first-order valence-electron chi connectivity index (χ1n) is 8.57. The number of nitrogens with zero attached hydrogens (tertiary/aromatic N) is 1. The molecule has 31 heavy (non-hydrogen) atoms. The summed E-state index contributed by atoms with van der Waals surface area (Å²) < 4.78 is 28.0. The zero-order chi connectivity index (χ0) is 23.3. The van der Waals surface area contributed by atoms with E-state index in [9.17, 15) is 48.0 Å². The Bertz CT molecular complexity index is 1100. The lowest BCUT2D eigenvalue weighted by Crippen LogP contribution is -2.58. The number of aromatic hydroxyl groups is 3. The lowest BCUT2D eigenvalue weighted by Gasteiger charge is -2.35. The quantitative estimate of drug-likeness (QED) is 0.170. The number of rotatable bonds is 4. The minimum Gasteiger partial charge on any atom is -0.504 e. The third kappa shape index (κ3) is 3.22. The van der Waals surface area contributed by atoms with Gasteiger partial charge in [-0.25, -0.2) is 23.4 Å². The van der Waals surface area contributed by atoms with Crippen LogP contribution in [0.2, 0.25) is 0 Å². The molecule has 3 amide bonds. The molecule has 0 unspecified atom stereocenters. The largest absolute Gasteiger partial charge is 0.504 e. The van der Waals surface area contributed by atoms with E-state index in [1.807, 2.05) is 5.43 Å². The molecule has 3 atom stereocenters. The van der Waals surface area contributed by atoms with Gasteiger partial charge >= 0.3 is 12.1 Å². The average Bonchev–Trinajstić information content (AvgIpc) is 2.83. The summed E-state index contributed by atoms with van der Waals surface area (Å²) in [6, 6.07) is 0.0888. The van der Waals surface area contributed by atoms with Crippen molar-refractivity contribution >= 4 is 33.7 Å². The molecule has 2 heterocycles. The van der Waals surface area contributed by atoms with Gasteiger partial charge in [0.25, 0.3) is 5.91 Å². The van der Waals surface area contributed by atoms with Crippen LogP contribution in [-0.4, -0.2) is 80.4 Å². The molecule has 3 rings (SSSR count). The number of carboxylic acid groups (broad SMARTS) is 1. The van der Waals surface area contributed by atoms with Crippen molar-refractivity contribution in [1.29, 1.82) is 0 Å². The van der Waals surface area contributed by atoms with E-state index in [-0.39, 0.29) is 6.42 Å². The molecule has 0 radical (unpaired) electrons. The van der Waals surface area contributed by atoms with Crippen LogP contribution in [0.1, 0.15) is 23.7 Å². The zero-order valence-electron chi connectivity index (χ0n) is 15.7. The van der Waals surface area contributed by atoms with Crippen LogP contribution in [0.4, 0.5) is 4.79 Å². The van der Waals surface area contributed by atoms with E-state index in [1.54, 1.807) is 5.43 Å². The number of carbonyl (C=O) groups excluding carboxylic acids is 3. The highest BCUT2D eigenvalue weighted by molar-refractivity contribution is 7.94. The maximum atomic E-state index is 12.7. The Hall–Kier alpha value is -3.75. The van der Waals surface area contributed by atoms with Crippen LogP contribution in [0, 0.1) is 0 Å². The number of fused-ring (bicyclic) bond motifs is 1. The molecule has 0 spiro atoms. The number of hydrogen-bond acceptors (Lipinski definition) is 10. The van der Waals surface area contributed by atoms with E-state index in [1.165, 1.54) is 0 Å². The standard InChI is InChI=1S/C16H17N3O11S/c1-16(12(14(25)26)19-8(21)4-9(19)31(16,28)29)5-30-15(27)18-17-13(24)6-2-3-7(20)11(23)10(6)22/h2-3,9,12,20,22-23H,4-5H2,1H3,(H,17,24)(H,18,27)(H,25,26)/t9-,12+,16+/m1/s1. The Balaban J connectivity index is 1.66. The van der Waals surface area contributed by atoms with E-state index in [2.05, 4.69) is 0 Å². The van der Waals surface area contributed by atoms with Crippen molar-refractivity contribution in [2.24, 2.45) is 0 Å². The summed E-state index contributed by atoms with van der Waals surface area (Å²) in [5, 5.41) is 36.4.